The van der Waals surface area contributed by atoms with Crippen LogP contribution in [0.3, 0.4) is 0 Å². The zero-order chi connectivity index (χ0) is 15.4. The molecule has 0 aliphatic heterocycles. The Morgan fingerprint density at radius 2 is 2.18 bits per heavy atom. The molecule has 0 fully saturated rings. The molecular formula is C14H13N5O2S. The Morgan fingerprint density at radius 1 is 1.32 bits per heavy atom. The van der Waals surface area contributed by atoms with Gasteiger partial charge in [0.1, 0.15) is 17.1 Å². The molecule has 1 amide bonds. The normalized spacial score (nSPS) is 10.6. The van der Waals surface area contributed by atoms with Crippen LogP contribution in [0.15, 0.2) is 47.8 Å². The summed E-state index contributed by atoms with van der Waals surface area (Å²) in [4.78, 5) is 12.0. The van der Waals surface area contributed by atoms with E-state index in [2.05, 4.69) is 20.6 Å². The Balaban J connectivity index is 1.62. The lowest BCUT2D eigenvalue weighted by Gasteiger charge is -2.09. The molecule has 0 radical (unpaired) electrons. The maximum absolute atomic E-state index is 12.0. The molecule has 0 unspecified atom stereocenters. The van der Waals surface area contributed by atoms with Gasteiger partial charge in [-0.2, -0.15) is 9.61 Å². The molecule has 112 valence electrons. The Kier molecular flexibility index (Phi) is 4.19. The fraction of sp³-hybridized carbons (Fsp3) is 0.143. The fourth-order valence-corrected chi connectivity index (χ4v) is 2.52. The molecule has 1 N–H and O–H groups in total. The summed E-state index contributed by atoms with van der Waals surface area (Å²) in [6, 6.07) is 10.9. The van der Waals surface area contributed by atoms with Crippen LogP contribution < -0.4 is 10.1 Å². The van der Waals surface area contributed by atoms with Gasteiger partial charge in [-0.05, 0) is 24.3 Å². The van der Waals surface area contributed by atoms with Crippen molar-refractivity contribution >= 4 is 29.0 Å². The Labute approximate surface area is 130 Å². The smallest absolute Gasteiger partial charge is 0.234 e. The van der Waals surface area contributed by atoms with Crippen molar-refractivity contribution in [2.45, 2.75) is 5.03 Å². The highest BCUT2D eigenvalue weighted by molar-refractivity contribution is 7.99. The van der Waals surface area contributed by atoms with Gasteiger partial charge in [0.15, 0.2) is 5.65 Å². The number of amides is 1. The molecule has 0 spiro atoms. The predicted molar refractivity (Wildman–Crippen MR) is 83.1 cm³/mol. The highest BCUT2D eigenvalue weighted by Gasteiger charge is 2.08. The van der Waals surface area contributed by atoms with Crippen molar-refractivity contribution < 1.29 is 9.53 Å². The van der Waals surface area contributed by atoms with Crippen LogP contribution in [0, 0.1) is 0 Å². The van der Waals surface area contributed by atoms with E-state index in [1.807, 2.05) is 18.2 Å². The summed E-state index contributed by atoms with van der Waals surface area (Å²) in [6.07, 6.45) is 1.52. The van der Waals surface area contributed by atoms with Crippen LogP contribution in [0.4, 0.5) is 5.69 Å². The van der Waals surface area contributed by atoms with Crippen molar-refractivity contribution in [2.75, 3.05) is 18.2 Å². The molecule has 8 heteroatoms. The second-order valence-electron chi connectivity index (χ2n) is 4.34. The van der Waals surface area contributed by atoms with Gasteiger partial charge in [0.25, 0.3) is 0 Å². The minimum atomic E-state index is -0.125. The number of thioether (sulfide) groups is 1. The molecule has 0 aliphatic carbocycles. The minimum absolute atomic E-state index is 0.125. The van der Waals surface area contributed by atoms with Gasteiger partial charge < -0.3 is 10.1 Å². The number of anilines is 1. The van der Waals surface area contributed by atoms with Crippen LogP contribution >= 0.6 is 11.8 Å². The van der Waals surface area contributed by atoms with Gasteiger partial charge in [-0.25, -0.2) is 0 Å². The standard InChI is InChI=1S/C14H13N5O2S/c1-21-11-5-3-2-4-10(11)16-13(20)8-22-14-7-6-12-17-15-9-19(12)18-14/h2-7,9H,8H2,1H3,(H,16,20). The summed E-state index contributed by atoms with van der Waals surface area (Å²) < 4.78 is 6.77. The Hall–Kier alpha value is -2.61. The van der Waals surface area contributed by atoms with Crippen molar-refractivity contribution in [3.05, 3.63) is 42.7 Å². The van der Waals surface area contributed by atoms with Gasteiger partial charge in [-0.3, -0.25) is 4.79 Å². The SMILES string of the molecule is COc1ccccc1NC(=O)CSc1ccc2nncn2n1. The quantitative estimate of drug-likeness (QED) is 0.724. The van der Waals surface area contributed by atoms with Crippen LogP contribution in [0.1, 0.15) is 0 Å². The molecular weight excluding hydrogens is 302 g/mol. The zero-order valence-corrected chi connectivity index (χ0v) is 12.6. The highest BCUT2D eigenvalue weighted by atomic mass is 32.2. The number of ether oxygens (including phenoxy) is 1. The van der Waals surface area contributed by atoms with E-state index < -0.39 is 0 Å². The van der Waals surface area contributed by atoms with E-state index in [1.54, 1.807) is 29.8 Å². The van der Waals surface area contributed by atoms with Gasteiger partial charge in [0.05, 0.1) is 18.6 Å². The number of hydrogen-bond acceptors (Lipinski definition) is 6. The first kappa shape index (κ1) is 14.3. The molecule has 2 aromatic heterocycles. The zero-order valence-electron chi connectivity index (χ0n) is 11.8. The summed E-state index contributed by atoms with van der Waals surface area (Å²) in [5.74, 6) is 0.753. The second-order valence-corrected chi connectivity index (χ2v) is 5.34. The Morgan fingerprint density at radius 3 is 3.05 bits per heavy atom. The van der Waals surface area contributed by atoms with Crippen molar-refractivity contribution in [3.63, 3.8) is 0 Å². The number of aromatic nitrogens is 4. The first-order valence-electron chi connectivity index (χ1n) is 6.49. The number of carbonyl (C=O) groups excluding carboxylic acids is 1. The number of rotatable bonds is 5. The molecule has 7 nitrogen and oxygen atoms in total. The van der Waals surface area contributed by atoms with E-state index in [4.69, 9.17) is 4.74 Å². The van der Waals surface area contributed by atoms with E-state index in [1.165, 1.54) is 18.1 Å². The van der Waals surface area contributed by atoms with Crippen LogP contribution in [0.2, 0.25) is 0 Å². The number of nitrogens with zero attached hydrogens (tertiary/aromatic N) is 4. The van der Waals surface area contributed by atoms with Crippen molar-refractivity contribution in [2.24, 2.45) is 0 Å². The lowest BCUT2D eigenvalue weighted by atomic mass is 10.3. The average molecular weight is 315 g/mol. The predicted octanol–water partition coefficient (Wildman–Crippen LogP) is 1.86. The minimum Gasteiger partial charge on any atom is -0.495 e. The maximum Gasteiger partial charge on any atom is 0.234 e. The van der Waals surface area contributed by atoms with Crippen LogP contribution in [0.25, 0.3) is 5.65 Å². The molecule has 2 heterocycles. The summed E-state index contributed by atoms with van der Waals surface area (Å²) in [5, 5.41) is 15.5. The molecule has 0 saturated heterocycles. The van der Waals surface area contributed by atoms with Gasteiger partial charge >= 0.3 is 0 Å². The molecule has 1 aromatic carbocycles. The third kappa shape index (κ3) is 3.17. The molecule has 0 saturated carbocycles. The summed E-state index contributed by atoms with van der Waals surface area (Å²) >= 11 is 1.34. The van der Waals surface area contributed by atoms with Crippen LogP contribution in [-0.2, 0) is 4.79 Å². The van der Waals surface area contributed by atoms with Gasteiger partial charge in [-0.1, -0.05) is 23.9 Å². The second kappa shape index (κ2) is 6.44. The summed E-state index contributed by atoms with van der Waals surface area (Å²) in [6.45, 7) is 0. The number of carbonyl (C=O) groups is 1. The third-order valence-electron chi connectivity index (χ3n) is 2.87. The van der Waals surface area contributed by atoms with Crippen molar-refractivity contribution in [1.29, 1.82) is 0 Å². The molecule has 22 heavy (non-hydrogen) atoms. The van der Waals surface area contributed by atoms with E-state index in [9.17, 15) is 4.79 Å². The van der Waals surface area contributed by atoms with Crippen molar-refractivity contribution in [1.82, 2.24) is 19.8 Å². The highest BCUT2D eigenvalue weighted by Crippen LogP contribution is 2.23. The van der Waals surface area contributed by atoms with Crippen LogP contribution in [0.5, 0.6) is 5.75 Å². The summed E-state index contributed by atoms with van der Waals surface area (Å²) in [5.41, 5.74) is 1.32. The maximum atomic E-state index is 12.0. The lowest BCUT2D eigenvalue weighted by molar-refractivity contribution is -0.113. The largest absolute Gasteiger partial charge is 0.495 e. The number of para-hydroxylation sites is 2. The molecule has 3 aromatic rings. The van der Waals surface area contributed by atoms with Gasteiger partial charge in [0.2, 0.25) is 5.91 Å². The van der Waals surface area contributed by atoms with E-state index in [-0.39, 0.29) is 11.7 Å². The lowest BCUT2D eigenvalue weighted by Crippen LogP contribution is -2.14. The van der Waals surface area contributed by atoms with Crippen LogP contribution in [-0.4, -0.2) is 38.6 Å². The molecule has 0 aliphatic rings. The number of benzene rings is 1. The average Bonchev–Trinajstić information content (AvgIpc) is 3.01. The van der Waals surface area contributed by atoms with Gasteiger partial charge in [-0.15, -0.1) is 10.2 Å². The van der Waals surface area contributed by atoms with E-state index >= 15 is 0 Å². The monoisotopic (exact) mass is 315 g/mol. The fourth-order valence-electron chi connectivity index (χ4n) is 1.86. The molecule has 3 rings (SSSR count). The molecule has 0 atom stereocenters. The topological polar surface area (TPSA) is 81.4 Å². The number of hydrogen-bond donors (Lipinski definition) is 1. The molecule has 0 bridgehead atoms. The van der Waals surface area contributed by atoms with Gasteiger partial charge in [0, 0.05) is 0 Å². The third-order valence-corrected chi connectivity index (χ3v) is 3.79. The van der Waals surface area contributed by atoms with E-state index in [0.717, 1.165) is 5.03 Å². The summed E-state index contributed by atoms with van der Waals surface area (Å²) in [7, 11) is 1.57. The number of methoxy groups -OCH3 is 1. The number of nitrogens with one attached hydrogen (secondary N) is 1. The number of fused-ring (bicyclic) bond motifs is 1. The van der Waals surface area contributed by atoms with E-state index in [0.29, 0.717) is 17.1 Å². The Bertz CT molecular complexity index is 805. The first-order valence-corrected chi connectivity index (χ1v) is 7.47. The first-order chi connectivity index (χ1) is 10.8. The van der Waals surface area contributed by atoms with Crippen molar-refractivity contribution in [3.8, 4) is 5.75 Å².